The summed E-state index contributed by atoms with van der Waals surface area (Å²) in [5, 5.41) is 12.7. The molecule has 1 aromatic heterocycles. The number of anilines is 1. The van der Waals surface area contributed by atoms with E-state index in [1.54, 1.807) is 0 Å². The van der Waals surface area contributed by atoms with Gasteiger partial charge in [-0.3, -0.25) is 20.2 Å². The molecule has 1 heterocycles. The fourth-order valence-electron chi connectivity index (χ4n) is 1.41. The van der Waals surface area contributed by atoms with Crippen LogP contribution in [-0.2, 0) is 0 Å². The highest BCUT2D eigenvalue weighted by Crippen LogP contribution is 2.22. The van der Waals surface area contributed by atoms with Crippen LogP contribution in [0.5, 0.6) is 0 Å². The van der Waals surface area contributed by atoms with Crippen molar-refractivity contribution < 1.29 is 18.5 Å². The van der Waals surface area contributed by atoms with Gasteiger partial charge in [0.2, 0.25) is 11.8 Å². The number of halogens is 2. The molecule has 0 bridgehead atoms. The molecule has 0 aliphatic heterocycles. The molecule has 7 nitrogen and oxygen atoms in total. The van der Waals surface area contributed by atoms with Crippen molar-refractivity contribution in [2.24, 2.45) is 0 Å². The Balaban J connectivity index is 2.37. The second kappa shape index (κ2) is 5.34. The van der Waals surface area contributed by atoms with Crippen molar-refractivity contribution in [3.63, 3.8) is 0 Å². The number of aromatic nitrogens is 2. The summed E-state index contributed by atoms with van der Waals surface area (Å²) in [5.74, 6) is -3.75. The molecular formula is C11H6F2N4O3. The number of hydrogen-bond acceptors (Lipinski definition) is 5. The number of rotatable bonds is 3. The van der Waals surface area contributed by atoms with E-state index in [9.17, 15) is 23.7 Å². The summed E-state index contributed by atoms with van der Waals surface area (Å²) >= 11 is 0. The molecule has 0 saturated heterocycles. The lowest BCUT2D eigenvalue weighted by molar-refractivity contribution is -0.387. The zero-order chi connectivity index (χ0) is 14.7. The first-order valence-corrected chi connectivity index (χ1v) is 5.21. The monoisotopic (exact) mass is 280 g/mol. The summed E-state index contributed by atoms with van der Waals surface area (Å²) in [4.78, 5) is 28.5. The smallest absolute Gasteiger partial charge is 0.290 e. The third kappa shape index (κ3) is 2.71. The van der Waals surface area contributed by atoms with Gasteiger partial charge in [0.15, 0.2) is 0 Å². The standard InChI is InChI=1S/C11H6F2N4O3/c12-6-4-7(9(13)8(5-6)17(19)20)10(18)16-11-14-2-1-3-15-11/h1-5H,(H,14,15,16,18). The Bertz CT molecular complexity index is 679. The average molecular weight is 280 g/mol. The number of nitrogens with zero attached hydrogens (tertiary/aromatic N) is 3. The number of nitrogens with one attached hydrogen (secondary N) is 1. The molecule has 20 heavy (non-hydrogen) atoms. The molecule has 2 rings (SSSR count). The highest BCUT2D eigenvalue weighted by molar-refractivity contribution is 6.03. The van der Waals surface area contributed by atoms with Crippen molar-refractivity contribution in [3.8, 4) is 0 Å². The Kier molecular flexibility index (Phi) is 3.60. The van der Waals surface area contributed by atoms with Crippen LogP contribution in [-0.4, -0.2) is 20.8 Å². The third-order valence-corrected chi connectivity index (χ3v) is 2.25. The van der Waals surface area contributed by atoms with E-state index < -0.39 is 33.7 Å². The quantitative estimate of drug-likeness (QED) is 0.684. The molecule has 0 aliphatic carbocycles. The van der Waals surface area contributed by atoms with E-state index in [4.69, 9.17) is 0 Å². The molecule has 0 aliphatic rings. The number of carbonyl (C=O) groups is 1. The van der Waals surface area contributed by atoms with Crippen molar-refractivity contribution in [2.45, 2.75) is 0 Å². The average Bonchev–Trinajstić information content (AvgIpc) is 2.41. The highest BCUT2D eigenvalue weighted by Gasteiger charge is 2.24. The number of carbonyl (C=O) groups excluding carboxylic acids is 1. The zero-order valence-corrected chi connectivity index (χ0v) is 9.71. The second-order valence-corrected chi connectivity index (χ2v) is 3.57. The maximum atomic E-state index is 13.7. The van der Waals surface area contributed by atoms with Crippen molar-refractivity contribution in [1.29, 1.82) is 0 Å². The lowest BCUT2D eigenvalue weighted by atomic mass is 10.1. The van der Waals surface area contributed by atoms with Gasteiger partial charge in [-0.25, -0.2) is 14.4 Å². The maximum Gasteiger partial charge on any atom is 0.308 e. The summed E-state index contributed by atoms with van der Waals surface area (Å²) in [5.41, 5.74) is -1.92. The summed E-state index contributed by atoms with van der Waals surface area (Å²) in [6.07, 6.45) is 2.65. The number of amides is 1. The predicted molar refractivity (Wildman–Crippen MR) is 63.0 cm³/mol. The first kappa shape index (κ1) is 13.5. The minimum Gasteiger partial charge on any atom is -0.290 e. The van der Waals surface area contributed by atoms with Crippen LogP contribution >= 0.6 is 0 Å². The number of benzene rings is 1. The molecule has 1 N–H and O–H groups in total. The van der Waals surface area contributed by atoms with E-state index in [0.29, 0.717) is 12.1 Å². The summed E-state index contributed by atoms with van der Waals surface area (Å²) in [6.45, 7) is 0. The van der Waals surface area contributed by atoms with Crippen LogP contribution in [0.3, 0.4) is 0 Å². The lowest BCUT2D eigenvalue weighted by Gasteiger charge is -2.05. The van der Waals surface area contributed by atoms with E-state index in [1.807, 2.05) is 0 Å². The van der Waals surface area contributed by atoms with E-state index in [-0.39, 0.29) is 5.95 Å². The fraction of sp³-hybridized carbons (Fsp3) is 0. The van der Waals surface area contributed by atoms with Gasteiger partial charge in [0.25, 0.3) is 5.91 Å². The molecule has 0 unspecified atom stereocenters. The van der Waals surface area contributed by atoms with Crippen LogP contribution in [0, 0.1) is 21.7 Å². The van der Waals surface area contributed by atoms with Gasteiger partial charge in [-0.15, -0.1) is 0 Å². The summed E-state index contributed by atoms with van der Waals surface area (Å²) in [7, 11) is 0. The summed E-state index contributed by atoms with van der Waals surface area (Å²) in [6, 6.07) is 2.44. The first-order chi connectivity index (χ1) is 9.49. The zero-order valence-electron chi connectivity index (χ0n) is 9.71. The van der Waals surface area contributed by atoms with Gasteiger partial charge in [-0.2, -0.15) is 4.39 Å². The second-order valence-electron chi connectivity index (χ2n) is 3.57. The molecule has 102 valence electrons. The maximum absolute atomic E-state index is 13.7. The van der Waals surface area contributed by atoms with Crippen molar-refractivity contribution >= 4 is 17.5 Å². The van der Waals surface area contributed by atoms with Gasteiger partial charge < -0.3 is 0 Å². The molecule has 0 fully saturated rings. The molecule has 1 amide bonds. The molecule has 0 saturated carbocycles. The molecular weight excluding hydrogens is 274 g/mol. The molecule has 0 atom stereocenters. The SMILES string of the molecule is O=C(Nc1ncccn1)c1cc(F)cc([N+](=O)[O-])c1F. The van der Waals surface area contributed by atoms with Gasteiger partial charge in [0.05, 0.1) is 16.6 Å². The van der Waals surface area contributed by atoms with E-state index >= 15 is 0 Å². The molecule has 1 aromatic carbocycles. The Hall–Kier alpha value is -2.97. The van der Waals surface area contributed by atoms with Crippen LogP contribution in [0.15, 0.2) is 30.6 Å². The Morgan fingerprint density at radius 1 is 1.25 bits per heavy atom. The van der Waals surface area contributed by atoms with Gasteiger partial charge in [0, 0.05) is 12.4 Å². The molecule has 0 radical (unpaired) electrons. The topological polar surface area (TPSA) is 98.0 Å². The molecule has 9 heteroatoms. The van der Waals surface area contributed by atoms with Crippen molar-refractivity contribution in [1.82, 2.24) is 9.97 Å². The van der Waals surface area contributed by atoms with Gasteiger partial charge in [-0.05, 0) is 12.1 Å². The predicted octanol–water partition coefficient (Wildman–Crippen LogP) is 1.92. The van der Waals surface area contributed by atoms with E-state index in [1.165, 1.54) is 18.5 Å². The number of hydrogen-bond donors (Lipinski definition) is 1. The van der Waals surface area contributed by atoms with Gasteiger partial charge in [-0.1, -0.05) is 0 Å². The van der Waals surface area contributed by atoms with Crippen molar-refractivity contribution in [3.05, 3.63) is 57.9 Å². The first-order valence-electron chi connectivity index (χ1n) is 5.21. The van der Waals surface area contributed by atoms with Crippen LogP contribution < -0.4 is 5.32 Å². The number of nitro benzene ring substituents is 1. The van der Waals surface area contributed by atoms with Crippen LogP contribution in [0.25, 0.3) is 0 Å². The van der Waals surface area contributed by atoms with Gasteiger partial charge in [0.1, 0.15) is 5.82 Å². The largest absolute Gasteiger partial charge is 0.308 e. The molecule has 2 aromatic rings. The Morgan fingerprint density at radius 3 is 2.50 bits per heavy atom. The van der Waals surface area contributed by atoms with Gasteiger partial charge >= 0.3 is 5.69 Å². The minimum absolute atomic E-state index is 0.135. The Labute approximate surface area is 110 Å². The Morgan fingerprint density at radius 2 is 1.90 bits per heavy atom. The highest BCUT2D eigenvalue weighted by atomic mass is 19.1. The van der Waals surface area contributed by atoms with E-state index in [0.717, 1.165) is 0 Å². The third-order valence-electron chi connectivity index (χ3n) is 2.25. The van der Waals surface area contributed by atoms with Crippen LogP contribution in [0.2, 0.25) is 0 Å². The van der Waals surface area contributed by atoms with Crippen LogP contribution in [0.1, 0.15) is 10.4 Å². The van der Waals surface area contributed by atoms with Crippen LogP contribution in [0.4, 0.5) is 20.4 Å². The fourth-order valence-corrected chi connectivity index (χ4v) is 1.41. The van der Waals surface area contributed by atoms with Crippen molar-refractivity contribution in [2.75, 3.05) is 5.32 Å². The lowest BCUT2D eigenvalue weighted by Crippen LogP contribution is -2.16. The minimum atomic E-state index is -1.43. The van der Waals surface area contributed by atoms with E-state index in [2.05, 4.69) is 15.3 Å². The molecule has 0 spiro atoms. The normalized spacial score (nSPS) is 10.1. The number of nitro groups is 1. The summed E-state index contributed by atoms with van der Waals surface area (Å²) < 4.78 is 26.9.